The quantitative estimate of drug-likeness (QED) is 0.809. The molecule has 1 unspecified atom stereocenters. The molecule has 1 fully saturated rings. The Kier molecular flexibility index (Phi) is 5.37. The van der Waals surface area contributed by atoms with Gasteiger partial charge in [-0.15, -0.1) is 0 Å². The molecule has 2 rings (SSSR count). The van der Waals surface area contributed by atoms with Gasteiger partial charge in [0.05, 0.1) is 12.6 Å². The van der Waals surface area contributed by atoms with Crippen LogP contribution < -0.4 is 5.32 Å². The summed E-state index contributed by atoms with van der Waals surface area (Å²) >= 11 is 0. The topological polar surface area (TPSA) is 21.3 Å². The number of allylic oxidation sites excluding steroid dienone is 1. The third-order valence-electron chi connectivity index (χ3n) is 4.20. The molecule has 1 N–H and O–H groups in total. The van der Waals surface area contributed by atoms with Gasteiger partial charge in [0.25, 0.3) is 0 Å². The highest BCUT2D eigenvalue weighted by Crippen LogP contribution is 2.29. The highest BCUT2D eigenvalue weighted by atomic mass is 16.5. The molecule has 0 amide bonds. The van der Waals surface area contributed by atoms with Crippen LogP contribution in [-0.4, -0.2) is 19.7 Å². The second-order valence-corrected chi connectivity index (χ2v) is 5.47. The van der Waals surface area contributed by atoms with E-state index < -0.39 is 0 Å². The van der Waals surface area contributed by atoms with Crippen LogP contribution >= 0.6 is 0 Å². The monoisotopic (exact) mass is 237 g/mol. The average molecular weight is 237 g/mol. The largest absolute Gasteiger partial charge is 0.497 e. The van der Waals surface area contributed by atoms with Crippen LogP contribution in [0.1, 0.15) is 57.8 Å². The predicted octanol–water partition coefficient (Wildman–Crippen LogP) is 3.63. The van der Waals surface area contributed by atoms with Crippen molar-refractivity contribution in [2.75, 3.05) is 13.7 Å². The molecule has 1 atom stereocenters. The van der Waals surface area contributed by atoms with E-state index in [1.165, 1.54) is 63.5 Å². The Balaban J connectivity index is 1.97. The lowest BCUT2D eigenvalue weighted by Crippen LogP contribution is -2.37. The van der Waals surface area contributed by atoms with Crippen molar-refractivity contribution in [1.82, 2.24) is 5.32 Å². The van der Waals surface area contributed by atoms with Crippen molar-refractivity contribution >= 4 is 0 Å². The summed E-state index contributed by atoms with van der Waals surface area (Å²) in [5.74, 6) is 2.01. The van der Waals surface area contributed by atoms with Gasteiger partial charge < -0.3 is 10.1 Å². The molecule has 1 aliphatic carbocycles. The molecule has 0 bridgehead atoms. The molecule has 0 spiro atoms. The predicted molar refractivity (Wildman–Crippen MR) is 71.9 cm³/mol. The van der Waals surface area contributed by atoms with Crippen molar-refractivity contribution in [2.45, 2.75) is 63.8 Å². The lowest BCUT2D eigenvalue weighted by Gasteiger charge is -2.31. The van der Waals surface area contributed by atoms with Crippen LogP contribution in [0.4, 0.5) is 0 Å². The fourth-order valence-electron chi connectivity index (χ4n) is 3.22. The van der Waals surface area contributed by atoms with Gasteiger partial charge in [0, 0.05) is 0 Å². The SMILES string of the molecule is CNC(C1=CCCCO1)C1CCCCCCC1. The third kappa shape index (κ3) is 3.74. The van der Waals surface area contributed by atoms with Gasteiger partial charge in [0.2, 0.25) is 0 Å². The van der Waals surface area contributed by atoms with E-state index in [0.717, 1.165) is 12.5 Å². The standard InChI is InChI=1S/C15H27NO/c1-16-15(14-11-7-8-12-17-14)13-9-5-3-2-4-6-10-13/h11,13,15-16H,2-10,12H2,1H3. The first-order valence-electron chi connectivity index (χ1n) is 7.42. The number of ether oxygens (including phenoxy) is 1. The molecule has 0 saturated heterocycles. The number of hydrogen-bond donors (Lipinski definition) is 1. The number of rotatable bonds is 3. The van der Waals surface area contributed by atoms with E-state index in [1.54, 1.807) is 0 Å². The van der Waals surface area contributed by atoms with Gasteiger partial charge in [-0.1, -0.05) is 32.1 Å². The molecule has 0 aromatic heterocycles. The summed E-state index contributed by atoms with van der Waals surface area (Å²) in [6.45, 7) is 0.913. The van der Waals surface area contributed by atoms with Crippen molar-refractivity contribution in [2.24, 2.45) is 5.92 Å². The van der Waals surface area contributed by atoms with Crippen LogP contribution in [-0.2, 0) is 4.74 Å². The Morgan fingerprint density at radius 3 is 2.41 bits per heavy atom. The van der Waals surface area contributed by atoms with Gasteiger partial charge in [0.15, 0.2) is 0 Å². The second kappa shape index (κ2) is 7.05. The summed E-state index contributed by atoms with van der Waals surface area (Å²) in [6.07, 6.45) is 14.5. The van der Waals surface area contributed by atoms with Crippen LogP contribution in [0.15, 0.2) is 11.8 Å². The van der Waals surface area contributed by atoms with Gasteiger partial charge in [0.1, 0.15) is 5.76 Å². The lowest BCUT2D eigenvalue weighted by molar-refractivity contribution is 0.145. The van der Waals surface area contributed by atoms with Crippen molar-refractivity contribution < 1.29 is 4.74 Å². The smallest absolute Gasteiger partial charge is 0.109 e. The van der Waals surface area contributed by atoms with E-state index in [1.807, 2.05) is 0 Å². The van der Waals surface area contributed by atoms with Gasteiger partial charge in [-0.05, 0) is 44.7 Å². The molecular weight excluding hydrogens is 210 g/mol. The summed E-state index contributed by atoms with van der Waals surface area (Å²) in [6, 6.07) is 0.466. The fraction of sp³-hybridized carbons (Fsp3) is 0.867. The highest BCUT2D eigenvalue weighted by Gasteiger charge is 2.25. The first kappa shape index (κ1) is 12.9. The van der Waals surface area contributed by atoms with Crippen LogP contribution in [0, 0.1) is 5.92 Å². The fourth-order valence-corrected chi connectivity index (χ4v) is 3.22. The van der Waals surface area contributed by atoms with E-state index in [-0.39, 0.29) is 0 Å². The second-order valence-electron chi connectivity index (χ2n) is 5.47. The first-order valence-corrected chi connectivity index (χ1v) is 7.42. The van der Waals surface area contributed by atoms with Gasteiger partial charge in [-0.3, -0.25) is 0 Å². The maximum atomic E-state index is 5.85. The summed E-state index contributed by atoms with van der Waals surface area (Å²) in [5, 5.41) is 3.50. The highest BCUT2D eigenvalue weighted by molar-refractivity contribution is 5.07. The molecule has 98 valence electrons. The van der Waals surface area contributed by atoms with Gasteiger partial charge in [-0.2, -0.15) is 0 Å². The van der Waals surface area contributed by atoms with Crippen molar-refractivity contribution in [3.63, 3.8) is 0 Å². The van der Waals surface area contributed by atoms with E-state index in [9.17, 15) is 0 Å². The molecule has 1 heterocycles. The summed E-state index contributed by atoms with van der Waals surface area (Å²) in [7, 11) is 2.09. The van der Waals surface area contributed by atoms with Crippen LogP contribution in [0.3, 0.4) is 0 Å². The molecule has 1 aliphatic heterocycles. The molecule has 1 saturated carbocycles. The number of hydrogen-bond acceptors (Lipinski definition) is 2. The minimum absolute atomic E-state index is 0.466. The Morgan fingerprint density at radius 2 is 1.82 bits per heavy atom. The van der Waals surface area contributed by atoms with Crippen LogP contribution in [0.5, 0.6) is 0 Å². The van der Waals surface area contributed by atoms with Crippen molar-refractivity contribution in [3.8, 4) is 0 Å². The Hall–Kier alpha value is -0.500. The summed E-state index contributed by atoms with van der Waals surface area (Å²) in [5.41, 5.74) is 0. The Bertz CT molecular complexity index is 241. The number of nitrogens with one attached hydrogen (secondary N) is 1. The van der Waals surface area contributed by atoms with E-state index >= 15 is 0 Å². The molecule has 2 aliphatic rings. The van der Waals surface area contributed by atoms with Crippen LogP contribution in [0.25, 0.3) is 0 Å². The summed E-state index contributed by atoms with van der Waals surface area (Å²) < 4.78 is 5.85. The zero-order chi connectivity index (χ0) is 11.9. The van der Waals surface area contributed by atoms with Crippen molar-refractivity contribution in [3.05, 3.63) is 11.8 Å². The lowest BCUT2D eigenvalue weighted by atomic mass is 9.84. The molecule has 17 heavy (non-hydrogen) atoms. The average Bonchev–Trinajstić information content (AvgIpc) is 2.34. The van der Waals surface area contributed by atoms with Gasteiger partial charge in [-0.25, -0.2) is 0 Å². The Labute approximate surface area is 106 Å². The third-order valence-corrected chi connectivity index (χ3v) is 4.20. The molecule has 0 aromatic carbocycles. The molecule has 2 heteroatoms. The maximum absolute atomic E-state index is 5.85. The zero-order valence-corrected chi connectivity index (χ0v) is 11.2. The minimum atomic E-state index is 0.466. The molecule has 0 radical (unpaired) electrons. The molecular formula is C15H27NO. The Morgan fingerprint density at radius 1 is 1.12 bits per heavy atom. The number of likely N-dealkylation sites (N-methyl/N-ethyl adjacent to an activating group) is 1. The zero-order valence-electron chi connectivity index (χ0n) is 11.2. The molecule has 0 aromatic rings. The first-order chi connectivity index (χ1) is 8.42. The van der Waals surface area contributed by atoms with Gasteiger partial charge >= 0.3 is 0 Å². The minimum Gasteiger partial charge on any atom is -0.497 e. The normalized spacial score (nSPS) is 25.4. The molecule has 2 nitrogen and oxygen atoms in total. The summed E-state index contributed by atoms with van der Waals surface area (Å²) in [4.78, 5) is 0. The van der Waals surface area contributed by atoms with Crippen molar-refractivity contribution in [1.29, 1.82) is 0 Å². The van der Waals surface area contributed by atoms with E-state index in [4.69, 9.17) is 4.74 Å². The van der Waals surface area contributed by atoms with Crippen LogP contribution in [0.2, 0.25) is 0 Å². The van der Waals surface area contributed by atoms with E-state index in [0.29, 0.717) is 6.04 Å². The van der Waals surface area contributed by atoms with E-state index in [2.05, 4.69) is 18.4 Å². The maximum Gasteiger partial charge on any atom is 0.109 e.